The molecule has 2 nitrogen and oxygen atoms in total. The summed E-state index contributed by atoms with van der Waals surface area (Å²) in [5, 5.41) is 19.6. The van der Waals surface area contributed by atoms with Gasteiger partial charge in [-0.25, -0.2) is 0 Å². The molecule has 0 radical (unpaired) electrons. The number of para-hydroxylation sites is 2. The van der Waals surface area contributed by atoms with Crippen molar-refractivity contribution in [1.82, 2.24) is 0 Å². The fourth-order valence-corrected chi connectivity index (χ4v) is 14.7. The van der Waals surface area contributed by atoms with Crippen LogP contribution in [-0.2, 0) is 0 Å². The summed E-state index contributed by atoms with van der Waals surface area (Å²) in [5.74, 6) is 0. The van der Waals surface area contributed by atoms with Gasteiger partial charge in [0.25, 0.3) is 0 Å². The first-order valence-corrected chi connectivity index (χ1v) is 25.3. The summed E-state index contributed by atoms with van der Waals surface area (Å²) in [7, 11) is 0. The van der Waals surface area contributed by atoms with Crippen molar-refractivity contribution in [3.63, 3.8) is 0 Å². The summed E-state index contributed by atoms with van der Waals surface area (Å²) < 4.78 is 16.4. The monoisotopic (exact) mass is 914 g/mol. The predicted octanol–water partition coefficient (Wildman–Crippen LogP) is 20.2. The summed E-state index contributed by atoms with van der Waals surface area (Å²) in [4.78, 5) is 0. The summed E-state index contributed by atoms with van der Waals surface area (Å²) in [5.41, 5.74) is 18.5. The van der Waals surface area contributed by atoms with Crippen molar-refractivity contribution in [2.24, 2.45) is 0 Å². The highest BCUT2D eigenvalue weighted by Gasteiger charge is 2.31. The second-order valence-electron chi connectivity index (χ2n) is 19.7. The van der Waals surface area contributed by atoms with Crippen LogP contribution in [-0.4, -0.2) is 0 Å². The molecular weight excluding hydrogens is 881 g/mol. The summed E-state index contributed by atoms with van der Waals surface area (Å²) in [6.07, 6.45) is 0. The maximum atomic E-state index is 7.19. The Balaban J connectivity index is 0.978. The maximum absolute atomic E-state index is 7.19. The van der Waals surface area contributed by atoms with Crippen LogP contribution in [0, 0.1) is 0 Å². The zero-order valence-electron chi connectivity index (χ0n) is 37.9. The Kier molecular flexibility index (Phi) is 6.76. The predicted molar refractivity (Wildman–Crippen MR) is 301 cm³/mol. The van der Waals surface area contributed by atoms with E-state index < -0.39 is 0 Å². The normalized spacial score (nSPS) is 12.8. The largest absolute Gasteiger partial charge is 0.452 e. The van der Waals surface area contributed by atoms with Crippen LogP contribution in [0.5, 0.6) is 0 Å². The number of thiophene rings is 1. The molecule has 0 saturated heterocycles. The minimum Gasteiger partial charge on any atom is -0.452 e. The van der Waals surface area contributed by atoms with E-state index in [0.717, 1.165) is 49.4 Å². The van der Waals surface area contributed by atoms with Gasteiger partial charge in [-0.05, 0) is 140 Å². The fraction of sp³-hybridized carbons (Fsp3) is 0. The van der Waals surface area contributed by atoms with E-state index in [1.54, 1.807) is 0 Å². The minimum atomic E-state index is 0.785. The van der Waals surface area contributed by atoms with E-state index in [9.17, 15) is 0 Å². The molecule has 2 aliphatic rings. The molecule has 0 unspecified atom stereocenters. The van der Waals surface area contributed by atoms with Crippen LogP contribution in [0.1, 0.15) is 0 Å². The molecule has 0 amide bonds. The van der Waals surface area contributed by atoms with Crippen molar-refractivity contribution >= 4 is 129 Å². The lowest BCUT2D eigenvalue weighted by Crippen LogP contribution is -1.92. The van der Waals surface area contributed by atoms with E-state index >= 15 is 0 Å². The van der Waals surface area contributed by atoms with Crippen molar-refractivity contribution in [2.75, 3.05) is 0 Å². The van der Waals surface area contributed by atoms with E-state index in [2.05, 4.69) is 194 Å². The highest BCUT2D eigenvalue weighted by molar-refractivity contribution is 7.26. The molecule has 0 N–H and O–H groups in total. The molecule has 0 bridgehead atoms. The number of fused-ring (bicyclic) bond motifs is 21. The SMILES string of the molecule is c1cc2c3c(cccc3c1)-c1c-2cc2c(ccc3c4cc5c(c(-c6cccc7c6sc6ccccc67)c4ccc23)-c2cccc3cccc-5c23)c1-c1cccc2c1oc1c2ccc2c3ccccc3oc21. The smallest absolute Gasteiger partial charge is 0.178 e. The second kappa shape index (κ2) is 13.0. The summed E-state index contributed by atoms with van der Waals surface area (Å²) >= 11 is 1.91. The lowest BCUT2D eigenvalue weighted by Gasteiger charge is -2.19. The number of benzene rings is 13. The third-order valence-electron chi connectivity index (χ3n) is 16.3. The van der Waals surface area contributed by atoms with Crippen molar-refractivity contribution in [3.8, 4) is 66.8 Å². The molecule has 0 aliphatic heterocycles. The van der Waals surface area contributed by atoms with Gasteiger partial charge in [-0.15, -0.1) is 11.3 Å². The molecule has 0 saturated carbocycles. The van der Waals surface area contributed by atoms with Crippen molar-refractivity contribution in [1.29, 1.82) is 0 Å². The van der Waals surface area contributed by atoms with Crippen molar-refractivity contribution < 1.29 is 8.83 Å². The van der Waals surface area contributed by atoms with Crippen LogP contribution in [0.15, 0.2) is 215 Å². The van der Waals surface area contributed by atoms with E-state index in [1.807, 2.05) is 23.5 Å². The van der Waals surface area contributed by atoms with Crippen LogP contribution in [0.2, 0.25) is 0 Å². The lowest BCUT2D eigenvalue weighted by molar-refractivity contribution is 0.634. The van der Waals surface area contributed by atoms with Gasteiger partial charge in [0.15, 0.2) is 11.2 Å². The van der Waals surface area contributed by atoms with Crippen molar-refractivity contribution in [3.05, 3.63) is 206 Å². The zero-order valence-corrected chi connectivity index (χ0v) is 38.7. The van der Waals surface area contributed by atoms with E-state index in [1.165, 1.54) is 135 Å². The molecule has 13 aromatic carbocycles. The first-order valence-electron chi connectivity index (χ1n) is 24.5. The summed E-state index contributed by atoms with van der Waals surface area (Å²) in [6, 6.07) is 77.1. The van der Waals surface area contributed by atoms with Gasteiger partial charge in [-0.3, -0.25) is 0 Å². The van der Waals surface area contributed by atoms with Gasteiger partial charge in [0.1, 0.15) is 11.2 Å². The number of furan rings is 2. The van der Waals surface area contributed by atoms with Gasteiger partial charge >= 0.3 is 0 Å². The number of hydrogen-bond donors (Lipinski definition) is 0. The van der Waals surface area contributed by atoms with Gasteiger partial charge < -0.3 is 8.83 Å². The van der Waals surface area contributed by atoms with Gasteiger partial charge in [-0.1, -0.05) is 170 Å². The topological polar surface area (TPSA) is 26.3 Å². The highest BCUT2D eigenvalue weighted by Crippen LogP contribution is 2.58. The standard InChI is InChI=1S/C68H34O2S/c1-3-25-57-39(15-1)46-31-32-47-45-19-9-23-51(65(45)70-67(47)66(46)69-57)61-43-29-27-38-37(53(43)33-55-41-17-5-11-35-13-7-21-49(59(35)41)63(55)61)28-30-44-54(38)34-56-42-18-6-12-36-14-8-22-50(60(36)42)64(56)62(44)52-24-10-20-48-40-16-2-4-26-58(40)71-68(48)52/h1-34H. The Labute approximate surface area is 408 Å². The average molecular weight is 915 g/mol. The minimum absolute atomic E-state index is 0.785. The zero-order chi connectivity index (χ0) is 45.8. The molecule has 3 heteroatoms. The highest BCUT2D eigenvalue weighted by atomic mass is 32.1. The molecule has 0 fully saturated rings. The molecule has 18 rings (SSSR count). The molecule has 16 aromatic rings. The van der Waals surface area contributed by atoms with Crippen LogP contribution < -0.4 is 0 Å². The Bertz CT molecular complexity index is 5160. The number of hydrogen-bond acceptors (Lipinski definition) is 3. The maximum Gasteiger partial charge on any atom is 0.178 e. The van der Waals surface area contributed by atoms with E-state index in [0.29, 0.717) is 0 Å². The third-order valence-corrected chi connectivity index (χ3v) is 17.5. The first-order chi connectivity index (χ1) is 35.2. The fourth-order valence-electron chi connectivity index (χ4n) is 13.4. The molecule has 0 atom stereocenters. The molecule has 0 spiro atoms. The van der Waals surface area contributed by atoms with Crippen LogP contribution in [0.25, 0.3) is 185 Å². The molecule has 2 aliphatic carbocycles. The van der Waals surface area contributed by atoms with Crippen LogP contribution in [0.4, 0.5) is 0 Å². The Morgan fingerprint density at radius 3 is 1.39 bits per heavy atom. The van der Waals surface area contributed by atoms with Crippen molar-refractivity contribution in [2.45, 2.75) is 0 Å². The molecule has 324 valence electrons. The van der Waals surface area contributed by atoms with E-state index in [-0.39, 0.29) is 0 Å². The molecule has 3 aromatic heterocycles. The molecule has 3 heterocycles. The summed E-state index contributed by atoms with van der Waals surface area (Å²) in [6.45, 7) is 0. The average Bonchev–Trinajstić information content (AvgIpc) is 4.24. The Hall–Kier alpha value is -9.02. The Morgan fingerprint density at radius 1 is 0.254 bits per heavy atom. The van der Waals surface area contributed by atoms with Gasteiger partial charge in [-0.2, -0.15) is 0 Å². The molecular formula is C68H34O2S. The van der Waals surface area contributed by atoms with Gasteiger partial charge in [0.05, 0.1) is 0 Å². The first kappa shape index (κ1) is 36.9. The van der Waals surface area contributed by atoms with E-state index in [4.69, 9.17) is 8.83 Å². The lowest BCUT2D eigenvalue weighted by atomic mass is 9.83. The van der Waals surface area contributed by atoms with Gasteiger partial charge in [0.2, 0.25) is 0 Å². The van der Waals surface area contributed by atoms with Gasteiger partial charge in [0, 0.05) is 58.4 Å². The number of rotatable bonds is 2. The second-order valence-corrected chi connectivity index (χ2v) is 20.7. The van der Waals surface area contributed by atoms with Crippen LogP contribution >= 0.6 is 11.3 Å². The third kappa shape index (κ3) is 4.55. The Morgan fingerprint density at radius 2 is 0.718 bits per heavy atom. The quantitative estimate of drug-likeness (QED) is 0.162. The van der Waals surface area contributed by atoms with Crippen LogP contribution in [0.3, 0.4) is 0 Å². The molecule has 71 heavy (non-hydrogen) atoms.